The van der Waals surface area contributed by atoms with Crippen molar-refractivity contribution in [2.24, 2.45) is 5.10 Å². The van der Waals surface area contributed by atoms with E-state index in [1.54, 1.807) is 0 Å². The number of rotatable bonds is 2. The minimum absolute atomic E-state index is 0.256. The molecule has 0 saturated carbocycles. The van der Waals surface area contributed by atoms with Crippen molar-refractivity contribution in [2.75, 3.05) is 5.01 Å². The van der Waals surface area contributed by atoms with Gasteiger partial charge in [-0.15, -0.1) is 0 Å². The Morgan fingerprint density at radius 3 is 2.39 bits per heavy atom. The maximum absolute atomic E-state index is 13.4. The summed E-state index contributed by atoms with van der Waals surface area (Å²) in [6.45, 7) is 0. The molecule has 0 unspecified atom stereocenters. The third-order valence-corrected chi connectivity index (χ3v) is 2.24. The van der Waals surface area contributed by atoms with Crippen LogP contribution >= 0.6 is 0 Å². The predicted octanol–water partition coefficient (Wildman–Crippen LogP) is 1.28. The number of hydrogen-bond acceptors (Lipinski definition) is 3. The Balaban J connectivity index is 2.47. The van der Waals surface area contributed by atoms with Crippen LogP contribution in [0.1, 0.15) is 6.42 Å². The Hall–Kier alpha value is -2.38. The lowest BCUT2D eigenvalue weighted by Gasteiger charge is -2.12. The van der Waals surface area contributed by atoms with Gasteiger partial charge in [0.05, 0.1) is 6.42 Å². The first-order chi connectivity index (χ1) is 8.40. The number of carboxylic acid groups (broad SMARTS) is 1. The number of aliphatic carboxylic acids is 1. The van der Waals surface area contributed by atoms with Crippen LogP contribution in [-0.4, -0.2) is 22.7 Å². The fraction of sp³-hybridized carbons (Fsp3) is 0.100. The van der Waals surface area contributed by atoms with Crippen LogP contribution in [0.15, 0.2) is 17.2 Å². The van der Waals surface area contributed by atoms with Crippen molar-refractivity contribution in [3.05, 3.63) is 29.6 Å². The lowest BCUT2D eigenvalue weighted by molar-refractivity contribution is -0.129. The molecule has 2 rings (SSSR count). The van der Waals surface area contributed by atoms with Gasteiger partial charge in [-0.1, -0.05) is 0 Å². The molecular weight excluding hydrogens is 253 g/mol. The standard InChI is InChI=1S/C10H5F3N2O3/c11-4-1-6(13)8(2-5(4)12)15-9(16)3-7(14-15)10(17)18/h1-2H,3H2,(H,17,18). The van der Waals surface area contributed by atoms with Crippen molar-refractivity contribution in [3.63, 3.8) is 0 Å². The molecule has 0 radical (unpaired) electrons. The summed E-state index contributed by atoms with van der Waals surface area (Å²) in [6.07, 6.45) is -0.534. The lowest BCUT2D eigenvalue weighted by Crippen LogP contribution is -2.21. The fourth-order valence-electron chi connectivity index (χ4n) is 1.41. The molecule has 0 spiro atoms. The normalized spacial score (nSPS) is 14.9. The van der Waals surface area contributed by atoms with Crippen molar-refractivity contribution in [2.45, 2.75) is 6.42 Å². The SMILES string of the molecule is O=C(O)C1=NN(c2cc(F)c(F)cc2F)C(=O)C1. The van der Waals surface area contributed by atoms with E-state index in [2.05, 4.69) is 5.10 Å². The maximum atomic E-state index is 13.4. The predicted molar refractivity (Wildman–Crippen MR) is 53.5 cm³/mol. The van der Waals surface area contributed by atoms with Gasteiger partial charge in [0.15, 0.2) is 23.2 Å². The number of hydrogen-bond donors (Lipinski definition) is 1. The van der Waals surface area contributed by atoms with E-state index in [9.17, 15) is 22.8 Å². The average Bonchev–Trinajstić information content (AvgIpc) is 2.66. The molecule has 1 amide bonds. The van der Waals surface area contributed by atoms with Crippen LogP contribution in [0, 0.1) is 17.5 Å². The molecule has 0 aliphatic carbocycles. The maximum Gasteiger partial charge on any atom is 0.352 e. The summed E-state index contributed by atoms with van der Waals surface area (Å²) in [5.41, 5.74) is -1.13. The van der Waals surface area contributed by atoms with E-state index >= 15 is 0 Å². The second-order valence-electron chi connectivity index (χ2n) is 3.45. The second-order valence-corrected chi connectivity index (χ2v) is 3.45. The fourth-order valence-corrected chi connectivity index (χ4v) is 1.41. The Morgan fingerprint density at radius 2 is 1.83 bits per heavy atom. The number of carboxylic acids is 1. The third kappa shape index (κ3) is 1.92. The highest BCUT2D eigenvalue weighted by molar-refractivity contribution is 6.42. The number of benzene rings is 1. The van der Waals surface area contributed by atoms with E-state index in [4.69, 9.17) is 5.11 Å². The first kappa shape index (κ1) is 12.1. The first-order valence-corrected chi connectivity index (χ1v) is 4.68. The Kier molecular flexibility index (Phi) is 2.77. The summed E-state index contributed by atoms with van der Waals surface area (Å²) in [6, 6.07) is 0.698. The highest BCUT2D eigenvalue weighted by Crippen LogP contribution is 2.26. The van der Waals surface area contributed by atoms with E-state index in [1.165, 1.54) is 0 Å². The van der Waals surface area contributed by atoms with Gasteiger partial charge in [-0.2, -0.15) is 10.1 Å². The van der Waals surface area contributed by atoms with E-state index in [-0.39, 0.29) is 6.07 Å². The molecule has 0 saturated heterocycles. The minimum Gasteiger partial charge on any atom is -0.477 e. The summed E-state index contributed by atoms with van der Waals surface area (Å²) in [7, 11) is 0. The number of anilines is 1. The van der Waals surface area contributed by atoms with E-state index in [0.29, 0.717) is 11.1 Å². The van der Waals surface area contributed by atoms with Gasteiger partial charge >= 0.3 is 5.97 Å². The molecule has 1 N–H and O–H groups in total. The second kappa shape index (κ2) is 4.13. The molecule has 0 fully saturated rings. The molecule has 8 heteroatoms. The van der Waals surface area contributed by atoms with Crippen LogP contribution in [0.4, 0.5) is 18.9 Å². The highest BCUT2D eigenvalue weighted by atomic mass is 19.2. The summed E-state index contributed by atoms with van der Waals surface area (Å²) in [5.74, 6) is -6.26. The molecule has 0 aromatic heterocycles. The average molecular weight is 258 g/mol. The van der Waals surface area contributed by atoms with Crippen molar-refractivity contribution in [3.8, 4) is 0 Å². The molecule has 0 bridgehead atoms. The van der Waals surface area contributed by atoms with Crippen molar-refractivity contribution >= 4 is 23.3 Å². The highest BCUT2D eigenvalue weighted by Gasteiger charge is 2.31. The smallest absolute Gasteiger partial charge is 0.352 e. The quantitative estimate of drug-likeness (QED) is 0.812. The van der Waals surface area contributed by atoms with Crippen molar-refractivity contribution in [1.82, 2.24) is 0 Å². The molecule has 1 aliphatic heterocycles. The van der Waals surface area contributed by atoms with Crippen LogP contribution in [0.2, 0.25) is 0 Å². The molecule has 1 heterocycles. The minimum atomic E-state index is -1.44. The Morgan fingerprint density at radius 1 is 1.22 bits per heavy atom. The number of hydrazone groups is 1. The summed E-state index contributed by atoms with van der Waals surface area (Å²) in [5, 5.41) is 12.4. The Bertz CT molecular complexity index is 586. The van der Waals surface area contributed by atoms with Crippen LogP contribution < -0.4 is 5.01 Å². The van der Waals surface area contributed by atoms with E-state index in [0.717, 1.165) is 0 Å². The third-order valence-electron chi connectivity index (χ3n) is 2.24. The molecular formula is C10H5F3N2O3. The molecule has 94 valence electrons. The van der Waals surface area contributed by atoms with Crippen LogP contribution in [0.3, 0.4) is 0 Å². The van der Waals surface area contributed by atoms with Gasteiger partial charge in [-0.25, -0.2) is 18.0 Å². The van der Waals surface area contributed by atoms with E-state index < -0.39 is 47.1 Å². The van der Waals surface area contributed by atoms with Crippen LogP contribution in [-0.2, 0) is 9.59 Å². The van der Waals surface area contributed by atoms with Gasteiger partial charge in [0.2, 0.25) is 0 Å². The number of nitrogens with zero attached hydrogens (tertiary/aromatic N) is 2. The first-order valence-electron chi connectivity index (χ1n) is 4.68. The molecule has 18 heavy (non-hydrogen) atoms. The summed E-state index contributed by atoms with van der Waals surface area (Å²) >= 11 is 0. The zero-order valence-electron chi connectivity index (χ0n) is 8.65. The van der Waals surface area contributed by atoms with Crippen molar-refractivity contribution in [1.29, 1.82) is 0 Å². The lowest BCUT2D eigenvalue weighted by atomic mass is 10.2. The number of carbonyl (C=O) groups is 2. The summed E-state index contributed by atoms with van der Waals surface area (Å²) in [4.78, 5) is 22.0. The van der Waals surface area contributed by atoms with Gasteiger partial charge in [-0.3, -0.25) is 4.79 Å². The Labute approximate surface area is 98.1 Å². The van der Waals surface area contributed by atoms with Gasteiger partial charge < -0.3 is 5.11 Å². The van der Waals surface area contributed by atoms with E-state index in [1.807, 2.05) is 0 Å². The topological polar surface area (TPSA) is 70.0 Å². The summed E-state index contributed by atoms with van der Waals surface area (Å²) < 4.78 is 39.0. The van der Waals surface area contributed by atoms with Crippen LogP contribution in [0.5, 0.6) is 0 Å². The molecule has 5 nitrogen and oxygen atoms in total. The zero-order chi connectivity index (χ0) is 13.4. The molecule has 1 aromatic rings. The largest absolute Gasteiger partial charge is 0.477 e. The number of amides is 1. The van der Waals surface area contributed by atoms with Gasteiger partial charge in [0.1, 0.15) is 5.69 Å². The zero-order valence-corrected chi connectivity index (χ0v) is 8.65. The monoisotopic (exact) mass is 258 g/mol. The molecule has 1 aliphatic rings. The van der Waals surface area contributed by atoms with Crippen LogP contribution in [0.25, 0.3) is 0 Å². The van der Waals surface area contributed by atoms with Gasteiger partial charge in [-0.05, 0) is 0 Å². The molecule has 0 atom stereocenters. The molecule has 1 aromatic carbocycles. The number of halogens is 3. The van der Waals surface area contributed by atoms with Crippen molar-refractivity contribution < 1.29 is 27.9 Å². The number of carbonyl (C=O) groups excluding carboxylic acids is 1. The van der Waals surface area contributed by atoms with Gasteiger partial charge in [0, 0.05) is 12.1 Å². The van der Waals surface area contributed by atoms with Gasteiger partial charge in [0.25, 0.3) is 5.91 Å².